The zero-order chi connectivity index (χ0) is 9.02. The fourth-order valence-electron chi connectivity index (χ4n) is 0.448. The summed E-state index contributed by atoms with van der Waals surface area (Å²) in [6.07, 6.45) is -2.93. The first-order valence-electron chi connectivity index (χ1n) is 3.07. The molecule has 64 valence electrons. The van der Waals surface area contributed by atoms with Crippen molar-refractivity contribution < 1.29 is 24.9 Å². The maximum absolute atomic E-state index is 10.4. The van der Waals surface area contributed by atoms with Gasteiger partial charge >= 0.3 is 5.97 Å². The molecule has 0 rings (SSSR count). The third-order valence-electron chi connectivity index (χ3n) is 1.19. The Hall–Kier alpha value is -0.940. The highest BCUT2D eigenvalue weighted by Gasteiger charge is 2.19. The van der Waals surface area contributed by atoms with Gasteiger partial charge < -0.3 is 15.3 Å². The predicted molar refractivity (Wildman–Crippen MR) is 34.9 cm³/mol. The van der Waals surface area contributed by atoms with Crippen molar-refractivity contribution in [3.8, 4) is 0 Å². The van der Waals surface area contributed by atoms with E-state index < -0.39 is 30.4 Å². The fourth-order valence-corrected chi connectivity index (χ4v) is 0.448. The average Bonchev–Trinajstić information content (AvgIpc) is 1.87. The van der Waals surface area contributed by atoms with E-state index in [1.807, 2.05) is 0 Å². The van der Waals surface area contributed by atoms with Crippen LogP contribution in [0.1, 0.15) is 13.3 Å². The number of carboxylic acid groups (broad SMARTS) is 1. The maximum atomic E-state index is 10.4. The molecule has 0 aliphatic heterocycles. The minimum absolute atomic E-state index is 0.549. The molecule has 2 atom stereocenters. The molecule has 5 heteroatoms. The van der Waals surface area contributed by atoms with Gasteiger partial charge in [0.1, 0.15) is 0 Å². The first-order chi connectivity index (χ1) is 4.95. The van der Waals surface area contributed by atoms with Crippen molar-refractivity contribution in [3.05, 3.63) is 0 Å². The van der Waals surface area contributed by atoms with Gasteiger partial charge in [0.25, 0.3) is 0 Å². The van der Waals surface area contributed by atoms with E-state index in [0.717, 1.165) is 0 Å². The van der Waals surface area contributed by atoms with Gasteiger partial charge in [0.05, 0.1) is 12.2 Å². The molecule has 0 aliphatic rings. The van der Waals surface area contributed by atoms with E-state index in [1.165, 1.54) is 6.92 Å². The fraction of sp³-hybridized carbons (Fsp3) is 0.667. The van der Waals surface area contributed by atoms with Crippen LogP contribution in [0, 0.1) is 0 Å². The number of carboxylic acids is 1. The summed E-state index contributed by atoms with van der Waals surface area (Å²) in [6.45, 7) is 1.28. The van der Waals surface area contributed by atoms with Crippen LogP contribution in [0.15, 0.2) is 0 Å². The highest BCUT2D eigenvalue weighted by atomic mass is 16.4. The number of carbonyl (C=O) groups excluding carboxylic acids is 1. The highest BCUT2D eigenvalue weighted by Crippen LogP contribution is 1.98. The molecular weight excluding hydrogens is 152 g/mol. The summed E-state index contributed by atoms with van der Waals surface area (Å²) in [5.74, 6) is -2.69. The Morgan fingerprint density at radius 3 is 2.09 bits per heavy atom. The third kappa shape index (κ3) is 3.69. The summed E-state index contributed by atoms with van der Waals surface area (Å²) in [4.78, 5) is 20.3. The number of aliphatic carboxylic acids is 1. The van der Waals surface area contributed by atoms with Gasteiger partial charge in [-0.3, -0.25) is 4.79 Å². The zero-order valence-electron chi connectivity index (χ0n) is 6.02. The Bertz CT molecular complexity index is 162. The summed E-state index contributed by atoms with van der Waals surface area (Å²) in [5.41, 5.74) is 0. The van der Waals surface area contributed by atoms with E-state index in [0.29, 0.717) is 0 Å². The van der Waals surface area contributed by atoms with Crippen LogP contribution in [-0.2, 0) is 9.59 Å². The van der Waals surface area contributed by atoms with Crippen molar-refractivity contribution in [1.82, 2.24) is 0 Å². The molecule has 0 aromatic carbocycles. The zero-order valence-corrected chi connectivity index (χ0v) is 6.02. The Labute approximate surface area is 63.3 Å². The van der Waals surface area contributed by atoms with Crippen LogP contribution in [0.2, 0.25) is 0 Å². The monoisotopic (exact) mass is 162 g/mol. The van der Waals surface area contributed by atoms with E-state index in [4.69, 9.17) is 15.3 Å². The summed E-state index contributed by atoms with van der Waals surface area (Å²) in [7, 11) is 0. The number of rotatable bonds is 4. The van der Waals surface area contributed by atoms with Crippen LogP contribution in [0.5, 0.6) is 0 Å². The number of Topliss-reactive ketones (excluding diaryl/α,β-unsaturated/α-hetero) is 1. The van der Waals surface area contributed by atoms with Crippen molar-refractivity contribution in [1.29, 1.82) is 0 Å². The Morgan fingerprint density at radius 2 is 1.82 bits per heavy atom. The van der Waals surface area contributed by atoms with Gasteiger partial charge in [-0.15, -0.1) is 0 Å². The van der Waals surface area contributed by atoms with E-state index in [-0.39, 0.29) is 0 Å². The summed E-state index contributed by atoms with van der Waals surface area (Å²) in [6, 6.07) is 0. The van der Waals surface area contributed by atoms with Gasteiger partial charge in [-0.1, -0.05) is 0 Å². The Balaban J connectivity index is 3.85. The highest BCUT2D eigenvalue weighted by molar-refractivity contribution is 6.32. The molecule has 0 spiro atoms. The quantitative estimate of drug-likeness (QED) is 0.450. The molecule has 0 bridgehead atoms. The van der Waals surface area contributed by atoms with E-state index in [2.05, 4.69) is 0 Å². The van der Waals surface area contributed by atoms with Gasteiger partial charge in [-0.2, -0.15) is 0 Å². The van der Waals surface area contributed by atoms with Crippen LogP contribution in [0.4, 0.5) is 0 Å². The van der Waals surface area contributed by atoms with Crippen LogP contribution >= 0.6 is 0 Å². The van der Waals surface area contributed by atoms with Crippen molar-refractivity contribution in [3.63, 3.8) is 0 Å². The maximum Gasteiger partial charge on any atom is 0.372 e. The predicted octanol–water partition coefficient (Wildman–Crippen LogP) is -1.23. The van der Waals surface area contributed by atoms with Crippen LogP contribution < -0.4 is 0 Å². The number of hydrogen-bond acceptors (Lipinski definition) is 4. The van der Waals surface area contributed by atoms with E-state index in [9.17, 15) is 9.59 Å². The number of hydrogen-bond donors (Lipinski definition) is 3. The van der Waals surface area contributed by atoms with Crippen LogP contribution in [0.3, 0.4) is 0 Å². The molecule has 5 nitrogen and oxygen atoms in total. The molecule has 0 aromatic heterocycles. The molecule has 3 N–H and O–H groups in total. The second-order valence-electron chi connectivity index (χ2n) is 2.24. The van der Waals surface area contributed by atoms with Gasteiger partial charge in [0, 0.05) is 6.42 Å². The molecule has 0 saturated carbocycles. The van der Waals surface area contributed by atoms with Crippen molar-refractivity contribution in [2.45, 2.75) is 25.6 Å². The molecule has 0 radical (unpaired) electrons. The molecule has 0 aromatic rings. The molecular formula is C6H10O5. The minimum atomic E-state index is -1.59. The summed E-state index contributed by atoms with van der Waals surface area (Å²) in [5, 5.41) is 25.5. The van der Waals surface area contributed by atoms with Gasteiger partial charge in [-0.25, -0.2) is 4.79 Å². The molecule has 11 heavy (non-hydrogen) atoms. The Kier molecular flexibility index (Phi) is 3.70. The molecule has 0 amide bonds. The first kappa shape index (κ1) is 10.1. The lowest BCUT2D eigenvalue weighted by atomic mass is 10.1. The number of ketones is 1. The molecule has 0 unspecified atom stereocenters. The third-order valence-corrected chi connectivity index (χ3v) is 1.19. The van der Waals surface area contributed by atoms with E-state index >= 15 is 0 Å². The summed E-state index contributed by atoms with van der Waals surface area (Å²) < 4.78 is 0. The van der Waals surface area contributed by atoms with Crippen molar-refractivity contribution >= 4 is 11.8 Å². The Morgan fingerprint density at radius 1 is 1.36 bits per heavy atom. The van der Waals surface area contributed by atoms with Gasteiger partial charge in [0.2, 0.25) is 5.78 Å². The second-order valence-corrected chi connectivity index (χ2v) is 2.24. The smallest absolute Gasteiger partial charge is 0.372 e. The number of carbonyl (C=O) groups is 2. The SMILES string of the molecule is C[C@H](O)[C@H](O)CC(=O)C(=O)O. The number of aliphatic hydroxyl groups is 2. The van der Waals surface area contributed by atoms with E-state index in [1.54, 1.807) is 0 Å². The lowest BCUT2D eigenvalue weighted by Crippen LogP contribution is -2.28. The topological polar surface area (TPSA) is 94.8 Å². The van der Waals surface area contributed by atoms with Crippen molar-refractivity contribution in [2.75, 3.05) is 0 Å². The normalized spacial score (nSPS) is 15.5. The standard InChI is InChI=1S/C6H10O5/c1-3(7)4(8)2-5(9)6(10)11/h3-4,7-8H,2H2,1H3,(H,10,11)/t3-,4+/m0/s1. The lowest BCUT2D eigenvalue weighted by molar-refractivity contribution is -0.150. The minimum Gasteiger partial charge on any atom is -0.475 e. The lowest BCUT2D eigenvalue weighted by Gasteiger charge is -2.10. The molecule has 0 saturated heterocycles. The van der Waals surface area contributed by atoms with Gasteiger partial charge in [0.15, 0.2) is 0 Å². The van der Waals surface area contributed by atoms with Crippen molar-refractivity contribution in [2.24, 2.45) is 0 Å². The second kappa shape index (κ2) is 4.05. The van der Waals surface area contributed by atoms with Gasteiger partial charge in [-0.05, 0) is 6.92 Å². The average molecular weight is 162 g/mol. The largest absolute Gasteiger partial charge is 0.475 e. The summed E-state index contributed by atoms with van der Waals surface area (Å²) >= 11 is 0. The molecule has 0 fully saturated rings. The van der Waals surface area contributed by atoms with Crippen LogP contribution in [-0.4, -0.2) is 39.3 Å². The van der Waals surface area contributed by atoms with Crippen LogP contribution in [0.25, 0.3) is 0 Å². The molecule has 0 heterocycles. The number of aliphatic hydroxyl groups excluding tert-OH is 2. The first-order valence-corrected chi connectivity index (χ1v) is 3.07. The molecule has 0 aliphatic carbocycles.